The summed E-state index contributed by atoms with van der Waals surface area (Å²) in [6.45, 7) is -0.125. The molecule has 1 heterocycles. The third-order valence-corrected chi connectivity index (χ3v) is 4.50. The number of para-hydroxylation sites is 1. The molecule has 0 spiro atoms. The number of nitrogens with zero attached hydrogens (tertiary/aromatic N) is 1. The van der Waals surface area contributed by atoms with Gasteiger partial charge in [0.25, 0.3) is 0 Å². The summed E-state index contributed by atoms with van der Waals surface area (Å²) in [4.78, 5) is 14.3. The zero-order valence-electron chi connectivity index (χ0n) is 13.0. The quantitative estimate of drug-likeness (QED) is 0.437. The van der Waals surface area contributed by atoms with E-state index in [1.54, 1.807) is 0 Å². The van der Waals surface area contributed by atoms with Crippen molar-refractivity contribution in [3.63, 3.8) is 0 Å². The van der Waals surface area contributed by atoms with Crippen LogP contribution >= 0.6 is 0 Å². The van der Waals surface area contributed by atoms with Gasteiger partial charge in [-0.2, -0.15) is 0 Å². The third-order valence-electron chi connectivity index (χ3n) is 4.50. The Balaban J connectivity index is 1.88. The molecule has 1 aromatic heterocycles. The van der Waals surface area contributed by atoms with Gasteiger partial charge in [0.2, 0.25) is 6.54 Å². The molecule has 1 N–H and O–H groups in total. The van der Waals surface area contributed by atoms with Gasteiger partial charge in [0.1, 0.15) is 0 Å². The molecule has 0 radical (unpaired) electrons. The summed E-state index contributed by atoms with van der Waals surface area (Å²) < 4.78 is 0. The van der Waals surface area contributed by atoms with Gasteiger partial charge in [0.15, 0.2) is 0 Å². The Bertz CT molecular complexity index is 1040. The van der Waals surface area contributed by atoms with E-state index in [4.69, 9.17) is 0 Å². The lowest BCUT2D eigenvalue weighted by Gasteiger charge is -2.14. The predicted molar refractivity (Wildman–Crippen MR) is 96.0 cm³/mol. The van der Waals surface area contributed by atoms with E-state index in [1.165, 1.54) is 0 Å². The van der Waals surface area contributed by atoms with E-state index in [0.29, 0.717) is 0 Å². The number of hydrogen-bond acceptors (Lipinski definition) is 2. The molecular weight excluding hydrogens is 300 g/mol. The highest BCUT2D eigenvalue weighted by Gasteiger charge is 2.23. The van der Waals surface area contributed by atoms with E-state index in [1.807, 2.05) is 66.9 Å². The van der Waals surface area contributed by atoms with Crippen molar-refractivity contribution in [2.24, 2.45) is 0 Å². The van der Waals surface area contributed by atoms with E-state index < -0.39 is 0 Å². The number of hydrogen-bond donors (Lipinski definition) is 1. The Morgan fingerprint density at radius 3 is 2.54 bits per heavy atom. The average Bonchev–Trinajstić information content (AvgIpc) is 3.03. The standard InChI is InChI=1S/C20H16N2O2/c23-22(24)13-19(18-12-21-20-8-4-3-7-17(18)20)16-10-9-14-5-1-2-6-15(14)11-16/h1-12,19,21H,13H2. The second-order valence-electron chi connectivity index (χ2n) is 5.96. The van der Waals surface area contributed by atoms with E-state index in [-0.39, 0.29) is 17.4 Å². The normalized spacial score (nSPS) is 12.5. The minimum atomic E-state index is -0.277. The molecule has 0 aliphatic heterocycles. The van der Waals surface area contributed by atoms with Gasteiger partial charge >= 0.3 is 0 Å². The fourth-order valence-electron chi connectivity index (χ4n) is 3.34. The Morgan fingerprint density at radius 2 is 1.71 bits per heavy atom. The molecule has 24 heavy (non-hydrogen) atoms. The molecule has 0 saturated heterocycles. The molecule has 3 aromatic carbocycles. The molecule has 4 nitrogen and oxygen atoms in total. The lowest BCUT2D eigenvalue weighted by atomic mass is 9.89. The summed E-state index contributed by atoms with van der Waals surface area (Å²) in [6.07, 6.45) is 1.90. The second-order valence-corrected chi connectivity index (χ2v) is 5.96. The Labute approximate surface area is 138 Å². The van der Waals surface area contributed by atoms with Crippen LogP contribution < -0.4 is 0 Å². The first kappa shape index (κ1) is 14.5. The molecule has 0 fully saturated rings. The van der Waals surface area contributed by atoms with Crippen molar-refractivity contribution in [1.82, 2.24) is 4.98 Å². The van der Waals surface area contributed by atoms with E-state index in [2.05, 4.69) is 11.1 Å². The molecule has 0 saturated carbocycles. The summed E-state index contributed by atoms with van der Waals surface area (Å²) in [5.41, 5.74) is 2.94. The van der Waals surface area contributed by atoms with Crippen molar-refractivity contribution < 1.29 is 4.92 Å². The molecule has 1 unspecified atom stereocenters. The van der Waals surface area contributed by atoms with Gasteiger partial charge in [0, 0.05) is 22.0 Å². The van der Waals surface area contributed by atoms with Crippen LogP contribution in [0, 0.1) is 10.1 Å². The number of aromatic nitrogens is 1. The fourth-order valence-corrected chi connectivity index (χ4v) is 3.34. The van der Waals surface area contributed by atoms with Crippen LogP contribution in [0.1, 0.15) is 17.0 Å². The highest BCUT2D eigenvalue weighted by molar-refractivity contribution is 5.86. The largest absolute Gasteiger partial charge is 0.361 e. The smallest absolute Gasteiger partial charge is 0.214 e. The zero-order valence-corrected chi connectivity index (χ0v) is 13.0. The second kappa shape index (κ2) is 5.81. The maximum Gasteiger partial charge on any atom is 0.214 e. The lowest BCUT2D eigenvalue weighted by molar-refractivity contribution is -0.481. The van der Waals surface area contributed by atoms with Crippen LogP contribution in [0.15, 0.2) is 72.9 Å². The maximum absolute atomic E-state index is 11.3. The SMILES string of the molecule is O=[N+]([O-])CC(c1ccc2ccccc2c1)c1c[nH]c2ccccc12. The van der Waals surface area contributed by atoms with Crippen LogP contribution in [0.2, 0.25) is 0 Å². The molecule has 4 aromatic rings. The van der Waals surface area contributed by atoms with Crippen LogP contribution in [0.4, 0.5) is 0 Å². The number of benzene rings is 3. The van der Waals surface area contributed by atoms with Gasteiger partial charge in [-0.05, 0) is 28.0 Å². The summed E-state index contributed by atoms with van der Waals surface area (Å²) >= 11 is 0. The van der Waals surface area contributed by atoms with E-state index in [0.717, 1.165) is 32.8 Å². The summed E-state index contributed by atoms with van der Waals surface area (Å²) in [5, 5.41) is 14.6. The molecule has 0 aliphatic rings. The van der Waals surface area contributed by atoms with Crippen LogP contribution in [0.3, 0.4) is 0 Å². The number of fused-ring (bicyclic) bond motifs is 2. The van der Waals surface area contributed by atoms with Crippen molar-refractivity contribution in [3.05, 3.63) is 94.2 Å². The van der Waals surface area contributed by atoms with Gasteiger partial charge in [-0.25, -0.2) is 0 Å². The third kappa shape index (κ3) is 2.52. The number of nitrogens with one attached hydrogen (secondary N) is 1. The molecule has 0 bridgehead atoms. The molecule has 4 rings (SSSR count). The highest BCUT2D eigenvalue weighted by Crippen LogP contribution is 2.32. The molecule has 4 heteroatoms. The first-order valence-corrected chi connectivity index (χ1v) is 7.89. The first-order chi connectivity index (χ1) is 11.7. The molecule has 0 aliphatic carbocycles. The van der Waals surface area contributed by atoms with Gasteiger partial charge in [-0.1, -0.05) is 60.7 Å². The summed E-state index contributed by atoms with van der Waals surface area (Å²) in [5.74, 6) is -0.277. The zero-order chi connectivity index (χ0) is 16.5. The van der Waals surface area contributed by atoms with Gasteiger partial charge in [-0.3, -0.25) is 10.1 Å². The number of aromatic amines is 1. The minimum Gasteiger partial charge on any atom is -0.361 e. The van der Waals surface area contributed by atoms with Crippen LogP contribution in [-0.4, -0.2) is 16.5 Å². The van der Waals surface area contributed by atoms with Crippen LogP contribution in [-0.2, 0) is 0 Å². The summed E-state index contributed by atoms with van der Waals surface area (Å²) in [6, 6.07) is 22.1. The van der Waals surface area contributed by atoms with Gasteiger partial charge in [-0.15, -0.1) is 0 Å². The Morgan fingerprint density at radius 1 is 0.958 bits per heavy atom. The van der Waals surface area contributed by atoms with Gasteiger partial charge < -0.3 is 4.98 Å². The highest BCUT2D eigenvalue weighted by atomic mass is 16.6. The molecule has 118 valence electrons. The van der Waals surface area contributed by atoms with Gasteiger partial charge in [0.05, 0.1) is 5.92 Å². The molecular formula is C20H16N2O2. The topological polar surface area (TPSA) is 58.9 Å². The number of H-pyrrole nitrogens is 1. The molecule has 1 atom stereocenters. The molecule has 0 amide bonds. The fraction of sp³-hybridized carbons (Fsp3) is 0.100. The monoisotopic (exact) mass is 316 g/mol. The van der Waals surface area contributed by atoms with Crippen molar-refractivity contribution in [2.45, 2.75) is 5.92 Å². The number of nitro groups is 1. The minimum absolute atomic E-state index is 0.125. The van der Waals surface area contributed by atoms with Crippen molar-refractivity contribution in [1.29, 1.82) is 0 Å². The van der Waals surface area contributed by atoms with E-state index >= 15 is 0 Å². The maximum atomic E-state index is 11.3. The van der Waals surface area contributed by atoms with Crippen molar-refractivity contribution in [3.8, 4) is 0 Å². The lowest BCUT2D eigenvalue weighted by Crippen LogP contribution is -2.13. The first-order valence-electron chi connectivity index (χ1n) is 7.89. The van der Waals surface area contributed by atoms with Crippen molar-refractivity contribution >= 4 is 21.7 Å². The van der Waals surface area contributed by atoms with E-state index in [9.17, 15) is 10.1 Å². The average molecular weight is 316 g/mol. The Hall–Kier alpha value is -3.14. The van der Waals surface area contributed by atoms with Crippen LogP contribution in [0.5, 0.6) is 0 Å². The Kier molecular flexibility index (Phi) is 3.50. The summed E-state index contributed by atoms with van der Waals surface area (Å²) in [7, 11) is 0. The van der Waals surface area contributed by atoms with Crippen LogP contribution in [0.25, 0.3) is 21.7 Å². The number of rotatable bonds is 4. The predicted octanol–water partition coefficient (Wildman–Crippen LogP) is 4.73. The van der Waals surface area contributed by atoms with Crippen molar-refractivity contribution in [2.75, 3.05) is 6.54 Å².